The Kier molecular flexibility index (Phi) is 4.43. The maximum atomic E-state index is 12.6. The topological polar surface area (TPSA) is 36.7 Å². The zero-order valence-electron chi connectivity index (χ0n) is 7.48. The lowest BCUT2D eigenvalue weighted by Crippen LogP contribution is -2.02. The minimum atomic E-state index is -2.69. The van der Waals surface area contributed by atoms with Crippen molar-refractivity contribution in [3.63, 3.8) is 0 Å². The average Bonchev–Trinajstić information content (AvgIpc) is 2.17. The molecule has 0 aliphatic heterocycles. The lowest BCUT2D eigenvalue weighted by Gasteiger charge is -2.10. The molecule has 2 nitrogen and oxygen atoms in total. The van der Waals surface area contributed by atoms with Gasteiger partial charge in [-0.2, -0.15) is 5.26 Å². The maximum absolute atomic E-state index is 12.6. The van der Waals surface area contributed by atoms with Crippen molar-refractivity contribution in [2.24, 2.45) is 0 Å². The van der Waals surface area contributed by atoms with Crippen molar-refractivity contribution in [1.29, 1.82) is 5.26 Å². The second kappa shape index (κ2) is 5.38. The molecule has 0 spiro atoms. The van der Waals surface area contributed by atoms with E-state index in [0.29, 0.717) is 11.1 Å². The lowest BCUT2D eigenvalue weighted by atomic mass is 10.1. The van der Waals surface area contributed by atoms with Gasteiger partial charge in [0, 0.05) is 5.33 Å². The summed E-state index contributed by atoms with van der Waals surface area (Å²) >= 11 is 8.69. The number of nitrogens with zero attached hydrogens (tertiary/aromatic N) is 2. The first-order valence-corrected chi connectivity index (χ1v) is 5.49. The highest BCUT2D eigenvalue weighted by Crippen LogP contribution is 2.28. The smallest absolute Gasteiger partial charge is 0.235 e. The monoisotopic (exact) mass is 294 g/mol. The normalized spacial score (nSPS) is 10.4. The van der Waals surface area contributed by atoms with E-state index in [1.807, 2.05) is 6.07 Å². The summed E-state index contributed by atoms with van der Waals surface area (Å²) in [7, 11) is 0. The van der Waals surface area contributed by atoms with Gasteiger partial charge in [0.15, 0.2) is 0 Å². The van der Waals surface area contributed by atoms with Crippen LogP contribution in [0.1, 0.15) is 23.2 Å². The highest BCUT2D eigenvalue weighted by molar-refractivity contribution is 9.08. The zero-order valence-corrected chi connectivity index (χ0v) is 9.82. The molecule has 1 aromatic rings. The van der Waals surface area contributed by atoms with Crippen molar-refractivity contribution in [2.45, 2.75) is 18.2 Å². The van der Waals surface area contributed by atoms with Gasteiger partial charge in [-0.05, 0) is 17.2 Å². The first kappa shape index (κ1) is 12.3. The summed E-state index contributed by atoms with van der Waals surface area (Å²) in [6.07, 6.45) is -2.64. The number of hydrogen-bond acceptors (Lipinski definition) is 2. The molecule has 0 saturated heterocycles. The third-order valence-corrected chi connectivity index (χ3v) is 2.58. The fraction of sp³-hybridized carbons (Fsp3) is 0.333. The summed E-state index contributed by atoms with van der Waals surface area (Å²) in [5, 5.41) is 8.76. The van der Waals surface area contributed by atoms with Crippen LogP contribution >= 0.6 is 27.5 Å². The molecule has 0 atom stereocenters. The molecule has 0 aliphatic carbocycles. The molecular formula is C9H6BrClF2N2. The number of aromatic nitrogens is 1. The first-order valence-electron chi connectivity index (χ1n) is 3.99. The van der Waals surface area contributed by atoms with Crippen LogP contribution in [0, 0.1) is 11.3 Å². The van der Waals surface area contributed by atoms with Crippen LogP contribution in [0.15, 0.2) is 6.07 Å². The third-order valence-electron chi connectivity index (χ3n) is 1.83. The molecular weight excluding hydrogens is 289 g/mol. The van der Waals surface area contributed by atoms with Crippen LogP contribution in [-0.4, -0.2) is 4.98 Å². The molecule has 1 aromatic heterocycles. The Bertz CT molecular complexity index is 404. The number of nitriles is 1. The fourth-order valence-electron chi connectivity index (χ4n) is 1.19. The van der Waals surface area contributed by atoms with E-state index in [-0.39, 0.29) is 22.6 Å². The van der Waals surface area contributed by atoms with Gasteiger partial charge in [-0.15, -0.1) is 0 Å². The Morgan fingerprint density at radius 2 is 2.27 bits per heavy atom. The molecule has 1 heterocycles. The first-order chi connectivity index (χ1) is 7.10. The second-order valence-corrected chi connectivity index (χ2v) is 3.69. The summed E-state index contributed by atoms with van der Waals surface area (Å²) in [6, 6.07) is 3.34. The molecule has 1 rings (SSSR count). The Morgan fingerprint density at radius 1 is 1.60 bits per heavy atom. The summed E-state index contributed by atoms with van der Waals surface area (Å²) in [6.45, 7) is 0. The molecule has 80 valence electrons. The Hall–Kier alpha value is -0.730. The molecule has 0 bridgehead atoms. The van der Waals surface area contributed by atoms with E-state index in [2.05, 4.69) is 20.9 Å². The number of pyridine rings is 1. The van der Waals surface area contributed by atoms with Crippen molar-refractivity contribution >= 4 is 27.5 Å². The quantitative estimate of drug-likeness (QED) is 0.630. The van der Waals surface area contributed by atoms with Gasteiger partial charge >= 0.3 is 0 Å². The predicted molar refractivity (Wildman–Crippen MR) is 56.2 cm³/mol. The van der Waals surface area contributed by atoms with Crippen molar-refractivity contribution in [3.05, 3.63) is 28.0 Å². The molecule has 6 heteroatoms. The summed E-state index contributed by atoms with van der Waals surface area (Å²) in [5.74, 6) is 0. The predicted octanol–water partition coefficient (Wildman–Crippen LogP) is 3.63. The maximum Gasteiger partial charge on any atom is 0.280 e. The molecule has 0 amide bonds. The highest BCUT2D eigenvalue weighted by Gasteiger charge is 2.18. The van der Waals surface area contributed by atoms with Gasteiger partial charge in [0.25, 0.3) is 6.43 Å². The molecule has 0 N–H and O–H groups in total. The van der Waals surface area contributed by atoms with Crippen LogP contribution in [0.2, 0.25) is 5.15 Å². The van der Waals surface area contributed by atoms with E-state index in [4.69, 9.17) is 16.9 Å². The van der Waals surface area contributed by atoms with Gasteiger partial charge in [-0.1, -0.05) is 27.5 Å². The van der Waals surface area contributed by atoms with Crippen LogP contribution in [-0.2, 0) is 11.8 Å². The highest BCUT2D eigenvalue weighted by atomic mass is 79.9. The Labute approximate surface area is 99.0 Å². The van der Waals surface area contributed by atoms with Gasteiger partial charge < -0.3 is 0 Å². The van der Waals surface area contributed by atoms with E-state index >= 15 is 0 Å². The Morgan fingerprint density at radius 3 is 2.73 bits per heavy atom. The third kappa shape index (κ3) is 2.86. The average molecular weight is 296 g/mol. The van der Waals surface area contributed by atoms with Crippen molar-refractivity contribution in [3.8, 4) is 6.07 Å². The van der Waals surface area contributed by atoms with E-state index in [1.165, 1.54) is 6.07 Å². The van der Waals surface area contributed by atoms with Gasteiger partial charge in [-0.3, -0.25) is 0 Å². The standard InChI is InChI=1S/C9H6BrClF2N2/c10-4-6-5(1-2-14)3-7(11)15-8(6)9(12)13/h3,9H,1,4H2. The van der Waals surface area contributed by atoms with Crippen molar-refractivity contribution < 1.29 is 8.78 Å². The number of alkyl halides is 3. The van der Waals surface area contributed by atoms with Crippen molar-refractivity contribution in [2.75, 3.05) is 0 Å². The molecule has 15 heavy (non-hydrogen) atoms. The van der Waals surface area contributed by atoms with Gasteiger partial charge in [0.1, 0.15) is 10.8 Å². The lowest BCUT2D eigenvalue weighted by molar-refractivity contribution is 0.145. The molecule has 0 unspecified atom stereocenters. The molecule has 0 aliphatic rings. The molecule has 0 radical (unpaired) electrons. The number of rotatable bonds is 3. The summed E-state index contributed by atoms with van der Waals surface area (Å²) < 4.78 is 25.2. The van der Waals surface area contributed by atoms with E-state index in [1.54, 1.807) is 0 Å². The summed E-state index contributed by atoms with van der Waals surface area (Å²) in [4.78, 5) is 3.56. The van der Waals surface area contributed by atoms with Crippen LogP contribution in [0.25, 0.3) is 0 Å². The molecule has 0 saturated carbocycles. The number of hydrogen-bond donors (Lipinski definition) is 0. The van der Waals surface area contributed by atoms with Crippen molar-refractivity contribution in [1.82, 2.24) is 4.98 Å². The second-order valence-electron chi connectivity index (χ2n) is 2.74. The zero-order chi connectivity index (χ0) is 11.4. The summed E-state index contributed by atoms with van der Waals surface area (Å²) in [5.41, 5.74) is 0.477. The van der Waals surface area contributed by atoms with Gasteiger partial charge in [0.05, 0.1) is 12.5 Å². The molecule has 0 aromatic carbocycles. The number of halogens is 4. The van der Waals surface area contributed by atoms with E-state index < -0.39 is 6.43 Å². The van der Waals surface area contributed by atoms with Crippen LogP contribution in [0.5, 0.6) is 0 Å². The van der Waals surface area contributed by atoms with E-state index in [0.717, 1.165) is 0 Å². The largest absolute Gasteiger partial charge is 0.280 e. The molecule has 0 fully saturated rings. The van der Waals surface area contributed by atoms with E-state index in [9.17, 15) is 8.78 Å². The van der Waals surface area contributed by atoms with Crippen LogP contribution in [0.4, 0.5) is 8.78 Å². The van der Waals surface area contributed by atoms with Crippen LogP contribution in [0.3, 0.4) is 0 Å². The fourth-order valence-corrected chi connectivity index (χ4v) is 2.06. The minimum Gasteiger partial charge on any atom is -0.235 e. The van der Waals surface area contributed by atoms with Gasteiger partial charge in [-0.25, -0.2) is 13.8 Å². The van der Waals surface area contributed by atoms with Crippen LogP contribution < -0.4 is 0 Å². The minimum absolute atomic E-state index is 0.0137. The Balaban J connectivity index is 3.33. The van der Waals surface area contributed by atoms with Gasteiger partial charge in [0.2, 0.25) is 0 Å². The SMILES string of the molecule is N#CCc1cc(Cl)nc(C(F)F)c1CBr.